The van der Waals surface area contributed by atoms with Crippen molar-refractivity contribution in [2.24, 2.45) is 0 Å². The number of H-pyrrole nitrogens is 1. The van der Waals surface area contributed by atoms with Crippen LogP contribution in [0, 0.1) is 0 Å². The fourth-order valence-corrected chi connectivity index (χ4v) is 0.881. The zero-order valence-electron chi connectivity index (χ0n) is 5.34. The lowest BCUT2D eigenvalue weighted by Crippen LogP contribution is -2.05. The van der Waals surface area contributed by atoms with E-state index < -0.39 is 12.0 Å². The quantitative estimate of drug-likeness (QED) is 0.627. The van der Waals surface area contributed by atoms with Crippen LogP contribution in [0.3, 0.4) is 0 Å². The zero-order chi connectivity index (χ0) is 8.43. The van der Waals surface area contributed by atoms with Crippen molar-refractivity contribution in [3.8, 4) is 0 Å². The van der Waals surface area contributed by atoms with Crippen LogP contribution in [0.1, 0.15) is 12.0 Å². The molecule has 1 aromatic rings. The van der Waals surface area contributed by atoms with Crippen LogP contribution in [0.5, 0.6) is 0 Å². The lowest BCUT2D eigenvalue weighted by Gasteiger charge is -2.00. The van der Waals surface area contributed by atoms with Gasteiger partial charge in [-0.05, 0) is 0 Å². The molecular formula is C6H5F2NOS. The smallest absolute Gasteiger partial charge is 0.265 e. The summed E-state index contributed by atoms with van der Waals surface area (Å²) in [5.41, 5.74) is -0.879. The molecule has 0 fully saturated rings. The molecule has 0 aliphatic rings. The van der Waals surface area contributed by atoms with Crippen LogP contribution in [-0.2, 0) is 0 Å². The van der Waals surface area contributed by atoms with E-state index in [0.717, 1.165) is 12.3 Å². The van der Waals surface area contributed by atoms with Gasteiger partial charge in [-0.15, -0.1) is 12.6 Å². The van der Waals surface area contributed by atoms with E-state index in [1.807, 2.05) is 0 Å². The van der Waals surface area contributed by atoms with Crippen molar-refractivity contribution in [2.75, 3.05) is 0 Å². The van der Waals surface area contributed by atoms with Crippen molar-refractivity contribution in [3.05, 3.63) is 28.2 Å². The number of thiol groups is 1. The first-order chi connectivity index (χ1) is 5.11. The lowest BCUT2D eigenvalue weighted by molar-refractivity contribution is 0.148. The predicted molar refractivity (Wildman–Crippen MR) is 39.3 cm³/mol. The summed E-state index contributed by atoms with van der Waals surface area (Å²) in [5, 5.41) is 0. The van der Waals surface area contributed by atoms with Crippen LogP contribution in [0.15, 0.2) is 22.0 Å². The molecule has 0 atom stereocenters. The first-order valence-corrected chi connectivity index (χ1v) is 3.25. The van der Waals surface area contributed by atoms with E-state index in [1.54, 1.807) is 0 Å². The van der Waals surface area contributed by atoms with Gasteiger partial charge in [0.15, 0.2) is 0 Å². The number of nitrogens with one attached hydrogen (secondary N) is 1. The Bertz CT molecular complexity index is 310. The Kier molecular flexibility index (Phi) is 2.28. The van der Waals surface area contributed by atoms with Crippen molar-refractivity contribution < 1.29 is 8.78 Å². The highest BCUT2D eigenvalue weighted by Crippen LogP contribution is 2.22. The van der Waals surface area contributed by atoms with Gasteiger partial charge in [0.05, 0.1) is 0 Å². The van der Waals surface area contributed by atoms with Gasteiger partial charge in [0.1, 0.15) is 0 Å². The maximum atomic E-state index is 12.0. The molecule has 1 rings (SSSR count). The standard InChI is InChI=1S/C6H5F2NOS/c7-6(8)3-1-5(10)9-2-4(3)11/h1-2,6,11H,(H,9,10). The molecule has 60 valence electrons. The van der Waals surface area contributed by atoms with Gasteiger partial charge in [-0.1, -0.05) is 0 Å². The van der Waals surface area contributed by atoms with E-state index in [-0.39, 0.29) is 10.5 Å². The number of alkyl halides is 2. The molecule has 5 heteroatoms. The van der Waals surface area contributed by atoms with Crippen LogP contribution in [0.2, 0.25) is 0 Å². The van der Waals surface area contributed by atoms with Crippen molar-refractivity contribution in [1.82, 2.24) is 4.98 Å². The average Bonchev–Trinajstić information content (AvgIpc) is 1.94. The van der Waals surface area contributed by atoms with Crippen LogP contribution in [0.25, 0.3) is 0 Å². The van der Waals surface area contributed by atoms with Crippen molar-refractivity contribution in [1.29, 1.82) is 0 Å². The predicted octanol–water partition coefficient (Wildman–Crippen LogP) is 1.60. The summed E-state index contributed by atoms with van der Waals surface area (Å²) in [4.78, 5) is 12.9. The van der Waals surface area contributed by atoms with Gasteiger partial charge in [0, 0.05) is 22.7 Å². The number of hydrogen-bond acceptors (Lipinski definition) is 2. The molecular weight excluding hydrogens is 172 g/mol. The van der Waals surface area contributed by atoms with E-state index in [9.17, 15) is 13.6 Å². The molecule has 0 bridgehead atoms. The molecule has 0 radical (unpaired) electrons. The summed E-state index contributed by atoms with van der Waals surface area (Å²) in [5.74, 6) is 0. The first kappa shape index (κ1) is 8.26. The van der Waals surface area contributed by atoms with Gasteiger partial charge in [-0.2, -0.15) is 0 Å². The molecule has 0 aliphatic carbocycles. The van der Waals surface area contributed by atoms with Gasteiger partial charge in [0.25, 0.3) is 6.43 Å². The summed E-state index contributed by atoms with van der Waals surface area (Å²) in [6.45, 7) is 0. The summed E-state index contributed by atoms with van der Waals surface area (Å²) < 4.78 is 24.0. The Morgan fingerprint density at radius 1 is 1.55 bits per heavy atom. The Morgan fingerprint density at radius 2 is 2.18 bits per heavy atom. The molecule has 0 aliphatic heterocycles. The molecule has 0 saturated carbocycles. The fourth-order valence-electron chi connectivity index (χ4n) is 0.654. The minimum absolute atomic E-state index is 0.0969. The van der Waals surface area contributed by atoms with Crippen LogP contribution in [0.4, 0.5) is 8.78 Å². The van der Waals surface area contributed by atoms with E-state index >= 15 is 0 Å². The maximum absolute atomic E-state index is 12.0. The van der Waals surface area contributed by atoms with Gasteiger partial charge >= 0.3 is 0 Å². The number of aromatic nitrogens is 1. The Balaban J connectivity index is 3.23. The van der Waals surface area contributed by atoms with Crippen LogP contribution >= 0.6 is 12.6 Å². The van der Waals surface area contributed by atoms with Crippen molar-refractivity contribution >= 4 is 12.6 Å². The summed E-state index contributed by atoms with van der Waals surface area (Å²) in [7, 11) is 0. The molecule has 0 amide bonds. The molecule has 0 unspecified atom stereocenters. The van der Waals surface area contributed by atoms with E-state index in [2.05, 4.69) is 17.6 Å². The first-order valence-electron chi connectivity index (χ1n) is 2.81. The minimum Gasteiger partial charge on any atom is -0.328 e. The molecule has 0 spiro atoms. The van der Waals surface area contributed by atoms with E-state index in [4.69, 9.17) is 0 Å². The highest BCUT2D eigenvalue weighted by atomic mass is 32.1. The number of hydrogen-bond donors (Lipinski definition) is 2. The Labute approximate surface area is 66.7 Å². The van der Waals surface area contributed by atoms with E-state index in [1.165, 1.54) is 0 Å². The van der Waals surface area contributed by atoms with Crippen LogP contribution in [-0.4, -0.2) is 4.98 Å². The summed E-state index contributed by atoms with van der Waals surface area (Å²) >= 11 is 3.73. The normalized spacial score (nSPS) is 10.5. The highest BCUT2D eigenvalue weighted by Gasteiger charge is 2.10. The number of rotatable bonds is 1. The van der Waals surface area contributed by atoms with Gasteiger partial charge < -0.3 is 4.98 Å². The van der Waals surface area contributed by atoms with Gasteiger partial charge in [-0.25, -0.2) is 8.78 Å². The van der Waals surface area contributed by atoms with E-state index in [0.29, 0.717) is 0 Å². The largest absolute Gasteiger partial charge is 0.328 e. The Morgan fingerprint density at radius 3 is 2.64 bits per heavy atom. The second kappa shape index (κ2) is 3.04. The zero-order valence-corrected chi connectivity index (χ0v) is 6.24. The SMILES string of the molecule is O=c1cc(C(F)F)c(S)c[nH]1. The third kappa shape index (κ3) is 1.80. The maximum Gasteiger partial charge on any atom is 0.265 e. The molecule has 1 aromatic heterocycles. The molecule has 0 aromatic carbocycles. The molecule has 1 N–H and O–H groups in total. The monoisotopic (exact) mass is 177 g/mol. The number of halogens is 2. The second-order valence-electron chi connectivity index (χ2n) is 1.94. The summed E-state index contributed by atoms with van der Waals surface area (Å²) in [6, 6.07) is 0.840. The molecule has 0 saturated heterocycles. The minimum atomic E-state index is -2.65. The van der Waals surface area contributed by atoms with Crippen molar-refractivity contribution in [3.63, 3.8) is 0 Å². The van der Waals surface area contributed by atoms with Crippen molar-refractivity contribution in [2.45, 2.75) is 11.3 Å². The molecule has 1 heterocycles. The fraction of sp³-hybridized carbons (Fsp3) is 0.167. The second-order valence-corrected chi connectivity index (χ2v) is 2.42. The average molecular weight is 177 g/mol. The number of aromatic amines is 1. The summed E-state index contributed by atoms with van der Waals surface area (Å²) in [6.07, 6.45) is -1.50. The molecule has 2 nitrogen and oxygen atoms in total. The Hall–Kier alpha value is -0.840. The van der Waals surface area contributed by atoms with Gasteiger partial charge in [0.2, 0.25) is 5.56 Å². The third-order valence-corrected chi connectivity index (χ3v) is 1.56. The van der Waals surface area contributed by atoms with Gasteiger partial charge in [-0.3, -0.25) is 4.79 Å². The third-order valence-electron chi connectivity index (χ3n) is 1.17. The molecule has 11 heavy (non-hydrogen) atoms. The number of pyridine rings is 1. The lowest BCUT2D eigenvalue weighted by atomic mass is 10.3. The highest BCUT2D eigenvalue weighted by molar-refractivity contribution is 7.80. The topological polar surface area (TPSA) is 32.9 Å². The van der Waals surface area contributed by atoms with Crippen LogP contribution < -0.4 is 5.56 Å².